The monoisotopic (exact) mass is 267 g/mol. The van der Waals surface area contributed by atoms with Gasteiger partial charge in [0.05, 0.1) is 5.88 Å². The predicted molar refractivity (Wildman–Crippen MR) is 75.5 cm³/mol. The quantitative estimate of drug-likeness (QED) is 0.598. The first-order chi connectivity index (χ1) is 8.52. The topological polar surface area (TPSA) is 22.0 Å². The Morgan fingerprint density at radius 3 is 2.72 bits per heavy atom. The van der Waals surface area contributed by atoms with Gasteiger partial charge in [-0.1, -0.05) is 13.3 Å². The summed E-state index contributed by atoms with van der Waals surface area (Å²) in [6.07, 6.45) is 3.98. The standard InChI is InChI=1S/C15H22ClNO/c1-10-4-5-13(6-10)9-17-11(2)7-14(12(17)3)15(18)8-16/h7,10,13H,4-6,8-9H2,1-3H3. The summed E-state index contributed by atoms with van der Waals surface area (Å²) in [7, 11) is 0. The van der Waals surface area contributed by atoms with E-state index in [1.165, 1.54) is 25.0 Å². The molecule has 1 aromatic heterocycles. The molecule has 18 heavy (non-hydrogen) atoms. The third-order valence-corrected chi connectivity index (χ3v) is 4.48. The van der Waals surface area contributed by atoms with Crippen LogP contribution in [0.25, 0.3) is 0 Å². The summed E-state index contributed by atoms with van der Waals surface area (Å²) in [5.74, 6) is 1.74. The number of Topliss-reactive ketones (excluding diaryl/α,β-unsaturated/α-hetero) is 1. The fraction of sp³-hybridized carbons (Fsp3) is 0.667. The molecule has 1 saturated carbocycles. The lowest BCUT2D eigenvalue weighted by molar-refractivity contribution is 0.102. The molecule has 1 aliphatic rings. The molecule has 0 aliphatic heterocycles. The number of hydrogen-bond donors (Lipinski definition) is 0. The smallest absolute Gasteiger partial charge is 0.179 e. The van der Waals surface area contributed by atoms with Crippen molar-refractivity contribution in [2.45, 2.75) is 46.6 Å². The first-order valence-electron chi connectivity index (χ1n) is 6.78. The van der Waals surface area contributed by atoms with Gasteiger partial charge >= 0.3 is 0 Å². The first-order valence-corrected chi connectivity index (χ1v) is 7.32. The predicted octanol–water partition coefficient (Wildman–Crippen LogP) is 3.96. The van der Waals surface area contributed by atoms with Crippen LogP contribution in [0.5, 0.6) is 0 Å². The van der Waals surface area contributed by atoms with Gasteiger partial charge in [-0.05, 0) is 44.6 Å². The summed E-state index contributed by atoms with van der Waals surface area (Å²) in [6.45, 7) is 7.50. The van der Waals surface area contributed by atoms with Gasteiger partial charge in [-0.15, -0.1) is 11.6 Å². The molecule has 1 fully saturated rings. The van der Waals surface area contributed by atoms with Crippen molar-refractivity contribution in [2.24, 2.45) is 11.8 Å². The van der Waals surface area contributed by atoms with Crippen molar-refractivity contribution >= 4 is 17.4 Å². The number of nitrogens with zero attached hydrogens (tertiary/aromatic N) is 1. The molecule has 0 saturated heterocycles. The highest BCUT2D eigenvalue weighted by Crippen LogP contribution is 2.32. The normalized spacial score (nSPS) is 23.6. The Kier molecular flexibility index (Phi) is 4.16. The lowest BCUT2D eigenvalue weighted by atomic mass is 10.1. The van der Waals surface area contributed by atoms with E-state index >= 15 is 0 Å². The largest absolute Gasteiger partial charge is 0.348 e. The van der Waals surface area contributed by atoms with Gasteiger partial charge in [-0.25, -0.2) is 0 Å². The number of carbonyl (C=O) groups excluding carboxylic acids is 1. The van der Waals surface area contributed by atoms with E-state index in [9.17, 15) is 4.79 Å². The van der Waals surface area contributed by atoms with Gasteiger partial charge < -0.3 is 4.57 Å². The number of carbonyl (C=O) groups is 1. The van der Waals surface area contributed by atoms with Crippen LogP contribution in [0.3, 0.4) is 0 Å². The Morgan fingerprint density at radius 2 is 2.17 bits per heavy atom. The Hall–Kier alpha value is -0.760. The molecule has 0 N–H and O–H groups in total. The van der Waals surface area contributed by atoms with E-state index in [1.807, 2.05) is 13.0 Å². The number of aryl methyl sites for hydroxylation is 1. The van der Waals surface area contributed by atoms with E-state index in [2.05, 4.69) is 18.4 Å². The molecule has 100 valence electrons. The first kappa shape index (κ1) is 13.7. The van der Waals surface area contributed by atoms with Gasteiger partial charge in [-0.3, -0.25) is 4.79 Å². The van der Waals surface area contributed by atoms with Crippen molar-refractivity contribution in [3.05, 3.63) is 23.0 Å². The maximum Gasteiger partial charge on any atom is 0.179 e. The maximum absolute atomic E-state index is 11.7. The third kappa shape index (κ3) is 2.64. The van der Waals surface area contributed by atoms with E-state index in [0.717, 1.165) is 29.6 Å². The summed E-state index contributed by atoms with van der Waals surface area (Å²) in [5.41, 5.74) is 3.06. The number of alkyl halides is 1. The van der Waals surface area contributed by atoms with Gasteiger partial charge in [0.15, 0.2) is 5.78 Å². The maximum atomic E-state index is 11.7. The highest BCUT2D eigenvalue weighted by molar-refractivity contribution is 6.30. The summed E-state index contributed by atoms with van der Waals surface area (Å²) < 4.78 is 2.29. The minimum atomic E-state index is 0.0378. The number of rotatable bonds is 4. The van der Waals surface area contributed by atoms with Crippen LogP contribution in [0.1, 0.15) is 47.9 Å². The second-order valence-electron chi connectivity index (χ2n) is 5.74. The summed E-state index contributed by atoms with van der Waals surface area (Å²) >= 11 is 5.65. The average Bonchev–Trinajstić information content (AvgIpc) is 2.87. The van der Waals surface area contributed by atoms with Crippen LogP contribution < -0.4 is 0 Å². The van der Waals surface area contributed by atoms with Crippen LogP contribution in [0, 0.1) is 25.7 Å². The highest BCUT2D eigenvalue weighted by Gasteiger charge is 2.23. The van der Waals surface area contributed by atoms with E-state index in [0.29, 0.717) is 0 Å². The van der Waals surface area contributed by atoms with Gasteiger partial charge in [0, 0.05) is 23.5 Å². The third-order valence-electron chi connectivity index (χ3n) is 4.24. The molecule has 3 heteroatoms. The summed E-state index contributed by atoms with van der Waals surface area (Å²) in [6, 6.07) is 1.98. The number of hydrogen-bond acceptors (Lipinski definition) is 1. The second-order valence-corrected chi connectivity index (χ2v) is 6.00. The Balaban J connectivity index is 2.18. The number of ketones is 1. The van der Waals surface area contributed by atoms with E-state index in [1.54, 1.807) is 0 Å². The van der Waals surface area contributed by atoms with Gasteiger partial charge in [0.1, 0.15) is 0 Å². The van der Waals surface area contributed by atoms with Gasteiger partial charge in [0.25, 0.3) is 0 Å². The molecule has 2 unspecified atom stereocenters. The molecule has 0 spiro atoms. The zero-order valence-electron chi connectivity index (χ0n) is 11.5. The van der Waals surface area contributed by atoms with Crippen molar-refractivity contribution in [3.8, 4) is 0 Å². The lowest BCUT2D eigenvalue weighted by Gasteiger charge is -2.15. The molecule has 1 heterocycles. The van der Waals surface area contributed by atoms with Crippen LogP contribution in [0.15, 0.2) is 6.07 Å². The van der Waals surface area contributed by atoms with Crippen molar-refractivity contribution in [2.75, 3.05) is 5.88 Å². The SMILES string of the molecule is Cc1cc(C(=O)CCl)c(C)n1CC1CCC(C)C1. The van der Waals surface area contributed by atoms with Crippen molar-refractivity contribution in [1.29, 1.82) is 0 Å². The minimum absolute atomic E-state index is 0.0378. The van der Waals surface area contributed by atoms with Crippen LogP contribution in [-0.4, -0.2) is 16.2 Å². The van der Waals surface area contributed by atoms with E-state index in [4.69, 9.17) is 11.6 Å². The molecule has 0 aromatic carbocycles. The lowest BCUT2D eigenvalue weighted by Crippen LogP contribution is -2.11. The fourth-order valence-corrected chi connectivity index (χ4v) is 3.33. The zero-order valence-corrected chi connectivity index (χ0v) is 12.3. The van der Waals surface area contributed by atoms with Crippen LogP contribution in [-0.2, 0) is 6.54 Å². The molecule has 2 nitrogen and oxygen atoms in total. The van der Waals surface area contributed by atoms with Gasteiger partial charge in [-0.2, -0.15) is 0 Å². The number of aromatic nitrogens is 1. The van der Waals surface area contributed by atoms with Crippen molar-refractivity contribution in [1.82, 2.24) is 4.57 Å². The molecular weight excluding hydrogens is 246 g/mol. The minimum Gasteiger partial charge on any atom is -0.348 e. The van der Waals surface area contributed by atoms with Crippen LogP contribution in [0.4, 0.5) is 0 Å². The fourth-order valence-electron chi connectivity index (χ4n) is 3.19. The molecule has 1 aliphatic carbocycles. The highest BCUT2D eigenvalue weighted by atomic mass is 35.5. The average molecular weight is 268 g/mol. The number of halogens is 1. The van der Waals surface area contributed by atoms with Crippen LogP contribution >= 0.6 is 11.6 Å². The Bertz CT molecular complexity index is 450. The van der Waals surface area contributed by atoms with Crippen LogP contribution in [0.2, 0.25) is 0 Å². The molecule has 2 rings (SSSR count). The summed E-state index contributed by atoms with van der Waals surface area (Å²) in [5, 5.41) is 0. The summed E-state index contributed by atoms with van der Waals surface area (Å²) in [4.78, 5) is 11.7. The molecule has 1 aromatic rings. The van der Waals surface area contributed by atoms with E-state index < -0.39 is 0 Å². The zero-order chi connectivity index (χ0) is 13.3. The molecule has 0 amide bonds. The molecule has 0 radical (unpaired) electrons. The molecule has 0 bridgehead atoms. The molecule has 2 atom stereocenters. The van der Waals surface area contributed by atoms with E-state index in [-0.39, 0.29) is 11.7 Å². The van der Waals surface area contributed by atoms with Crippen molar-refractivity contribution in [3.63, 3.8) is 0 Å². The Labute approximate surface area is 114 Å². The molecular formula is C15H22ClNO. The van der Waals surface area contributed by atoms with Crippen molar-refractivity contribution < 1.29 is 4.79 Å². The van der Waals surface area contributed by atoms with Gasteiger partial charge in [0.2, 0.25) is 0 Å². The Morgan fingerprint density at radius 1 is 1.44 bits per heavy atom. The second kappa shape index (κ2) is 5.48.